The van der Waals surface area contributed by atoms with Crippen LogP contribution >= 0.6 is 11.3 Å². The Balaban J connectivity index is 1.50. The minimum absolute atomic E-state index is 0.147. The van der Waals surface area contributed by atoms with Crippen molar-refractivity contribution in [3.8, 4) is 5.75 Å². The van der Waals surface area contributed by atoms with Crippen LogP contribution in [0.3, 0.4) is 0 Å². The van der Waals surface area contributed by atoms with E-state index in [1.807, 2.05) is 4.90 Å². The fraction of sp³-hybridized carbons (Fsp3) is 0.350. The number of carbonyl (C=O) groups is 4. The van der Waals surface area contributed by atoms with E-state index in [1.54, 1.807) is 0 Å². The van der Waals surface area contributed by atoms with Crippen molar-refractivity contribution < 1.29 is 33.8 Å². The van der Waals surface area contributed by atoms with Crippen LogP contribution in [0.25, 0.3) is 0 Å². The zero-order chi connectivity index (χ0) is 23.1. The van der Waals surface area contributed by atoms with Crippen molar-refractivity contribution in [2.24, 2.45) is 5.92 Å². The molecule has 0 aliphatic carbocycles. The van der Waals surface area contributed by atoms with Gasteiger partial charge in [0.15, 0.2) is 5.13 Å². The van der Waals surface area contributed by atoms with E-state index >= 15 is 0 Å². The molecule has 2 aromatic rings. The highest BCUT2D eigenvalue weighted by molar-refractivity contribution is 7.17. The predicted molar refractivity (Wildman–Crippen MR) is 115 cm³/mol. The molecule has 0 bridgehead atoms. The monoisotopic (exact) mass is 462 g/mol. The SMILES string of the molecule is COC(=O)CNC(=O)C1CCN(c2ncc(C(=O)Oc3ccc(NC(=O)O)cc3)s2)CC1. The molecule has 1 saturated heterocycles. The minimum Gasteiger partial charge on any atom is -0.468 e. The summed E-state index contributed by atoms with van der Waals surface area (Å²) < 4.78 is 9.82. The Bertz CT molecular complexity index is 984. The lowest BCUT2D eigenvalue weighted by atomic mass is 9.96. The summed E-state index contributed by atoms with van der Waals surface area (Å²) in [7, 11) is 1.26. The number of carboxylic acid groups (broad SMARTS) is 1. The van der Waals surface area contributed by atoms with Crippen molar-refractivity contribution in [2.45, 2.75) is 12.8 Å². The van der Waals surface area contributed by atoms with Gasteiger partial charge in [-0.1, -0.05) is 11.3 Å². The number of amides is 2. The Morgan fingerprint density at radius 1 is 1.19 bits per heavy atom. The number of nitrogens with zero attached hydrogens (tertiary/aromatic N) is 2. The summed E-state index contributed by atoms with van der Waals surface area (Å²) >= 11 is 1.19. The van der Waals surface area contributed by atoms with Crippen molar-refractivity contribution in [3.63, 3.8) is 0 Å². The highest BCUT2D eigenvalue weighted by Gasteiger charge is 2.27. The van der Waals surface area contributed by atoms with E-state index in [1.165, 1.54) is 48.9 Å². The smallest absolute Gasteiger partial charge is 0.409 e. The highest BCUT2D eigenvalue weighted by atomic mass is 32.1. The molecule has 2 amide bonds. The number of carbonyl (C=O) groups excluding carboxylic acids is 3. The van der Waals surface area contributed by atoms with Gasteiger partial charge >= 0.3 is 18.0 Å². The Morgan fingerprint density at radius 2 is 1.88 bits per heavy atom. The summed E-state index contributed by atoms with van der Waals surface area (Å²) in [5, 5.41) is 14.1. The molecule has 3 N–H and O–H groups in total. The molecule has 32 heavy (non-hydrogen) atoms. The lowest BCUT2D eigenvalue weighted by Crippen LogP contribution is -2.42. The van der Waals surface area contributed by atoms with Crippen molar-refractivity contribution >= 4 is 46.1 Å². The summed E-state index contributed by atoms with van der Waals surface area (Å²) in [5.41, 5.74) is 0.361. The van der Waals surface area contributed by atoms with Gasteiger partial charge in [0.05, 0.1) is 13.3 Å². The van der Waals surface area contributed by atoms with E-state index in [-0.39, 0.29) is 24.1 Å². The summed E-state index contributed by atoms with van der Waals surface area (Å²) in [4.78, 5) is 52.9. The topological polar surface area (TPSA) is 147 Å². The first-order valence-corrected chi connectivity index (χ1v) is 10.5. The molecule has 1 fully saturated rings. The van der Waals surface area contributed by atoms with E-state index in [9.17, 15) is 19.2 Å². The van der Waals surface area contributed by atoms with E-state index in [0.29, 0.717) is 41.6 Å². The van der Waals surface area contributed by atoms with Gasteiger partial charge in [0, 0.05) is 24.7 Å². The molecule has 1 aromatic heterocycles. The molecule has 0 atom stereocenters. The summed E-state index contributed by atoms with van der Waals surface area (Å²) in [6.07, 6.45) is 1.46. The van der Waals surface area contributed by atoms with Crippen molar-refractivity contribution in [1.82, 2.24) is 10.3 Å². The third-order valence-corrected chi connectivity index (χ3v) is 5.82. The fourth-order valence-corrected chi connectivity index (χ4v) is 3.95. The van der Waals surface area contributed by atoms with Crippen LogP contribution in [0.5, 0.6) is 5.75 Å². The maximum absolute atomic E-state index is 12.4. The predicted octanol–water partition coefficient (Wildman–Crippen LogP) is 1.96. The number of rotatable bonds is 7. The average Bonchev–Trinajstić information content (AvgIpc) is 3.29. The number of benzene rings is 1. The molecule has 2 heterocycles. The second-order valence-corrected chi connectivity index (χ2v) is 7.92. The number of thiazole rings is 1. The number of piperidine rings is 1. The zero-order valence-corrected chi connectivity index (χ0v) is 18.0. The first-order valence-electron chi connectivity index (χ1n) is 9.73. The molecule has 11 nitrogen and oxygen atoms in total. The second kappa shape index (κ2) is 10.6. The number of methoxy groups -OCH3 is 1. The zero-order valence-electron chi connectivity index (χ0n) is 17.2. The van der Waals surface area contributed by atoms with Crippen LogP contribution in [0.2, 0.25) is 0 Å². The van der Waals surface area contributed by atoms with Crippen LogP contribution in [0.15, 0.2) is 30.5 Å². The molecule has 170 valence electrons. The number of nitrogens with one attached hydrogen (secondary N) is 2. The fourth-order valence-electron chi connectivity index (χ4n) is 3.10. The lowest BCUT2D eigenvalue weighted by molar-refractivity contribution is -0.141. The van der Waals surface area contributed by atoms with Gasteiger partial charge in [-0.05, 0) is 37.1 Å². The third-order valence-electron chi connectivity index (χ3n) is 4.78. The number of hydrogen-bond donors (Lipinski definition) is 3. The van der Waals surface area contributed by atoms with Crippen LogP contribution in [0.4, 0.5) is 15.6 Å². The second-order valence-electron chi connectivity index (χ2n) is 6.91. The van der Waals surface area contributed by atoms with Gasteiger partial charge in [0.1, 0.15) is 17.2 Å². The maximum Gasteiger partial charge on any atom is 0.409 e. The molecular weight excluding hydrogens is 440 g/mol. The van der Waals surface area contributed by atoms with Crippen LogP contribution in [-0.2, 0) is 14.3 Å². The normalized spacial score (nSPS) is 13.8. The van der Waals surface area contributed by atoms with E-state index in [4.69, 9.17) is 9.84 Å². The van der Waals surface area contributed by atoms with Gasteiger partial charge in [-0.25, -0.2) is 14.6 Å². The molecule has 0 saturated carbocycles. The Morgan fingerprint density at radius 3 is 2.50 bits per heavy atom. The van der Waals surface area contributed by atoms with Crippen LogP contribution in [-0.4, -0.2) is 60.8 Å². The lowest BCUT2D eigenvalue weighted by Gasteiger charge is -2.30. The van der Waals surface area contributed by atoms with E-state index in [0.717, 1.165) is 0 Å². The Hall–Kier alpha value is -3.67. The molecule has 12 heteroatoms. The number of ether oxygens (including phenoxy) is 2. The van der Waals surface area contributed by atoms with Crippen molar-refractivity contribution in [2.75, 3.05) is 37.0 Å². The van der Waals surface area contributed by atoms with E-state index in [2.05, 4.69) is 20.4 Å². The first-order chi connectivity index (χ1) is 15.4. The third kappa shape index (κ3) is 6.17. The molecular formula is C20H22N4O7S. The van der Waals surface area contributed by atoms with Gasteiger partial charge in [0.25, 0.3) is 0 Å². The molecule has 1 aromatic carbocycles. The van der Waals surface area contributed by atoms with Gasteiger partial charge in [-0.3, -0.25) is 14.9 Å². The van der Waals surface area contributed by atoms with Crippen LogP contribution in [0.1, 0.15) is 22.5 Å². The number of aromatic nitrogens is 1. The molecule has 0 unspecified atom stereocenters. The Kier molecular flexibility index (Phi) is 7.60. The van der Waals surface area contributed by atoms with Crippen molar-refractivity contribution in [1.29, 1.82) is 0 Å². The summed E-state index contributed by atoms with van der Waals surface area (Å²) in [6, 6.07) is 5.95. The Labute approximate surface area is 187 Å². The molecule has 1 aliphatic rings. The quantitative estimate of drug-likeness (QED) is 0.415. The molecule has 0 spiro atoms. The standard InChI is InChI=1S/C20H22N4O7S/c1-30-16(25)11-21-17(26)12-6-8-24(9-7-12)19-22-10-15(32-19)18(27)31-14-4-2-13(3-5-14)23-20(28)29/h2-5,10,12,23H,6-9,11H2,1H3,(H,21,26)(H,28,29). The summed E-state index contributed by atoms with van der Waals surface area (Å²) in [5.74, 6) is -1.16. The number of esters is 2. The summed E-state index contributed by atoms with van der Waals surface area (Å²) in [6.45, 7) is 1.04. The maximum atomic E-state index is 12.4. The van der Waals surface area contributed by atoms with Gasteiger partial charge in [0.2, 0.25) is 5.91 Å². The number of anilines is 2. The van der Waals surface area contributed by atoms with Crippen LogP contribution < -0.4 is 20.3 Å². The minimum atomic E-state index is -1.18. The molecule has 3 rings (SSSR count). The van der Waals surface area contributed by atoms with Gasteiger partial charge in [-0.15, -0.1) is 0 Å². The highest BCUT2D eigenvalue weighted by Crippen LogP contribution is 2.28. The van der Waals surface area contributed by atoms with E-state index < -0.39 is 18.0 Å². The largest absolute Gasteiger partial charge is 0.468 e. The number of hydrogen-bond acceptors (Lipinski definition) is 9. The van der Waals surface area contributed by atoms with Crippen molar-refractivity contribution in [3.05, 3.63) is 35.3 Å². The first kappa shape index (κ1) is 23.0. The molecule has 0 radical (unpaired) electrons. The molecule has 1 aliphatic heterocycles. The van der Waals surface area contributed by atoms with Gasteiger partial charge in [-0.2, -0.15) is 0 Å². The van der Waals surface area contributed by atoms with Gasteiger partial charge < -0.3 is 24.8 Å². The van der Waals surface area contributed by atoms with Crippen LogP contribution in [0, 0.1) is 5.92 Å². The average molecular weight is 462 g/mol.